The normalized spacial score (nSPS) is 17.8. The second kappa shape index (κ2) is 4.47. The highest BCUT2D eigenvalue weighted by Gasteiger charge is 2.43. The van der Waals surface area contributed by atoms with Crippen LogP contribution in [-0.4, -0.2) is 31.4 Å². The Labute approximate surface area is 104 Å². The molecule has 1 aliphatic rings. The lowest BCUT2D eigenvalue weighted by Gasteiger charge is -2.18. The van der Waals surface area contributed by atoms with Gasteiger partial charge in [0.2, 0.25) is 9.84 Å². The molecule has 1 aromatic rings. The van der Waals surface area contributed by atoms with Crippen molar-refractivity contribution in [3.05, 3.63) is 24.3 Å². The molecule has 2 N–H and O–H groups in total. The molecule has 1 aromatic carbocycles. The highest BCUT2D eigenvalue weighted by molar-refractivity contribution is 7.91. The Morgan fingerprint density at radius 1 is 1.33 bits per heavy atom. The van der Waals surface area contributed by atoms with Gasteiger partial charge in [-0.15, -0.1) is 0 Å². The van der Waals surface area contributed by atoms with Crippen molar-refractivity contribution < 1.29 is 22.3 Å². The number of hydrogen-bond donors (Lipinski definition) is 2. The van der Waals surface area contributed by atoms with E-state index < -0.39 is 26.0 Å². The summed E-state index contributed by atoms with van der Waals surface area (Å²) >= 11 is 0. The van der Waals surface area contributed by atoms with Crippen LogP contribution in [0.5, 0.6) is 0 Å². The summed E-state index contributed by atoms with van der Waals surface area (Å²) in [4.78, 5) is -0.431. The minimum Gasteiger partial charge on any atom is -0.394 e. The number of para-hydroxylation sites is 1. The average Bonchev–Trinajstić information content (AvgIpc) is 3.10. The number of sulfone groups is 1. The van der Waals surface area contributed by atoms with Crippen LogP contribution < -0.4 is 5.32 Å². The van der Waals surface area contributed by atoms with Gasteiger partial charge in [0.15, 0.2) is 0 Å². The first-order chi connectivity index (χ1) is 8.41. The molecule has 0 heterocycles. The lowest BCUT2D eigenvalue weighted by molar-refractivity contribution is 0.234. The summed E-state index contributed by atoms with van der Waals surface area (Å²) in [6.45, 7) is -0.157. The Morgan fingerprint density at radius 2 is 1.94 bits per heavy atom. The van der Waals surface area contributed by atoms with Gasteiger partial charge in [-0.1, -0.05) is 12.1 Å². The average molecular weight is 277 g/mol. The van der Waals surface area contributed by atoms with Crippen LogP contribution in [0.3, 0.4) is 0 Å². The van der Waals surface area contributed by atoms with Crippen LogP contribution >= 0.6 is 0 Å². The van der Waals surface area contributed by atoms with E-state index in [2.05, 4.69) is 5.32 Å². The molecule has 1 saturated carbocycles. The lowest BCUT2D eigenvalue weighted by atomic mass is 10.2. The van der Waals surface area contributed by atoms with Gasteiger partial charge in [0.05, 0.1) is 22.7 Å². The van der Waals surface area contributed by atoms with Crippen LogP contribution in [-0.2, 0) is 9.84 Å². The fourth-order valence-electron chi connectivity index (χ4n) is 1.67. The maximum Gasteiger partial charge on any atom is 0.341 e. The highest BCUT2D eigenvalue weighted by atomic mass is 32.2. The fraction of sp³-hybridized carbons (Fsp3) is 0.455. The fourth-order valence-corrected chi connectivity index (χ4v) is 2.56. The predicted octanol–water partition coefficient (Wildman–Crippen LogP) is 1.62. The zero-order valence-corrected chi connectivity index (χ0v) is 10.3. The van der Waals surface area contributed by atoms with Crippen LogP contribution in [0, 0.1) is 0 Å². The van der Waals surface area contributed by atoms with Gasteiger partial charge in [-0.05, 0) is 25.0 Å². The minimum absolute atomic E-state index is 0.115. The van der Waals surface area contributed by atoms with Crippen LogP contribution in [0.1, 0.15) is 12.8 Å². The monoisotopic (exact) mass is 277 g/mol. The highest BCUT2D eigenvalue weighted by Crippen LogP contribution is 2.40. The zero-order valence-electron chi connectivity index (χ0n) is 9.44. The van der Waals surface area contributed by atoms with Crippen molar-refractivity contribution in [1.29, 1.82) is 0 Å². The molecule has 0 unspecified atom stereocenters. The SMILES string of the molecule is O=S(=O)(c1ccccc1NC1(CO)CC1)C(F)F. The number of nitrogens with one attached hydrogen (secondary N) is 1. The molecule has 2 rings (SSSR count). The molecule has 0 atom stereocenters. The number of aliphatic hydroxyl groups excluding tert-OH is 1. The summed E-state index contributed by atoms with van der Waals surface area (Å²) in [5.41, 5.74) is -0.447. The molecule has 0 bridgehead atoms. The molecule has 100 valence electrons. The summed E-state index contributed by atoms with van der Waals surface area (Å²) in [5, 5.41) is 12.0. The zero-order chi connectivity index (χ0) is 13.4. The van der Waals surface area contributed by atoms with Gasteiger partial charge in [0, 0.05) is 0 Å². The molecule has 18 heavy (non-hydrogen) atoms. The van der Waals surface area contributed by atoms with Gasteiger partial charge in [0.1, 0.15) is 0 Å². The van der Waals surface area contributed by atoms with Crippen LogP contribution in [0.25, 0.3) is 0 Å². The lowest BCUT2D eigenvalue weighted by Crippen LogP contribution is -2.27. The van der Waals surface area contributed by atoms with Crippen molar-refractivity contribution in [3.8, 4) is 0 Å². The molecule has 0 spiro atoms. The van der Waals surface area contributed by atoms with E-state index >= 15 is 0 Å². The molecule has 1 aliphatic carbocycles. The Morgan fingerprint density at radius 3 is 2.44 bits per heavy atom. The molecule has 0 saturated heterocycles. The molecular formula is C11H13F2NO3S. The van der Waals surface area contributed by atoms with E-state index in [9.17, 15) is 17.2 Å². The number of halogens is 2. The molecule has 1 fully saturated rings. The van der Waals surface area contributed by atoms with E-state index in [4.69, 9.17) is 5.11 Å². The summed E-state index contributed by atoms with van der Waals surface area (Å²) in [7, 11) is -4.64. The van der Waals surface area contributed by atoms with E-state index in [0.717, 1.165) is 6.07 Å². The minimum atomic E-state index is -4.64. The summed E-state index contributed by atoms with van der Waals surface area (Å²) in [6, 6.07) is 5.50. The number of aliphatic hydroxyl groups is 1. The second-order valence-electron chi connectivity index (χ2n) is 4.37. The second-order valence-corrected chi connectivity index (χ2v) is 6.25. The third kappa shape index (κ3) is 2.32. The Kier molecular flexibility index (Phi) is 3.29. The molecular weight excluding hydrogens is 264 g/mol. The maximum absolute atomic E-state index is 12.5. The largest absolute Gasteiger partial charge is 0.394 e. The predicted molar refractivity (Wildman–Crippen MR) is 62.3 cm³/mol. The summed E-state index contributed by atoms with van der Waals surface area (Å²) in [5.74, 6) is -3.45. The van der Waals surface area contributed by atoms with Gasteiger partial charge in [0.25, 0.3) is 0 Å². The summed E-state index contributed by atoms with van der Waals surface area (Å²) < 4.78 is 48.1. The number of alkyl halides is 2. The molecule has 4 nitrogen and oxygen atoms in total. The number of rotatable bonds is 5. The molecule has 0 amide bonds. The maximum atomic E-state index is 12.5. The van der Waals surface area contributed by atoms with E-state index in [1.807, 2.05) is 0 Å². The van der Waals surface area contributed by atoms with Crippen molar-refractivity contribution in [1.82, 2.24) is 0 Å². The first-order valence-corrected chi connectivity index (χ1v) is 6.96. The Balaban J connectivity index is 2.38. The molecule has 0 aliphatic heterocycles. The number of benzene rings is 1. The van der Waals surface area contributed by atoms with E-state index in [-0.39, 0.29) is 12.3 Å². The van der Waals surface area contributed by atoms with E-state index in [1.54, 1.807) is 6.07 Å². The Bertz CT molecular complexity index is 541. The summed E-state index contributed by atoms with van der Waals surface area (Å²) in [6.07, 6.45) is 1.37. The first kappa shape index (κ1) is 13.2. The van der Waals surface area contributed by atoms with Crippen molar-refractivity contribution in [2.24, 2.45) is 0 Å². The molecule has 7 heteroatoms. The van der Waals surface area contributed by atoms with Crippen molar-refractivity contribution in [2.75, 3.05) is 11.9 Å². The van der Waals surface area contributed by atoms with Crippen molar-refractivity contribution in [2.45, 2.75) is 29.0 Å². The number of anilines is 1. The quantitative estimate of drug-likeness (QED) is 0.858. The number of hydrogen-bond acceptors (Lipinski definition) is 4. The van der Waals surface area contributed by atoms with E-state index in [0.29, 0.717) is 12.8 Å². The van der Waals surface area contributed by atoms with Gasteiger partial charge < -0.3 is 10.4 Å². The third-order valence-electron chi connectivity index (χ3n) is 2.98. The van der Waals surface area contributed by atoms with Gasteiger partial charge in [-0.2, -0.15) is 8.78 Å². The van der Waals surface area contributed by atoms with Gasteiger partial charge in [-0.25, -0.2) is 8.42 Å². The smallest absolute Gasteiger partial charge is 0.341 e. The van der Waals surface area contributed by atoms with E-state index in [1.165, 1.54) is 12.1 Å². The molecule has 0 radical (unpaired) electrons. The topological polar surface area (TPSA) is 66.4 Å². The first-order valence-electron chi connectivity index (χ1n) is 5.41. The van der Waals surface area contributed by atoms with Crippen LogP contribution in [0.2, 0.25) is 0 Å². The standard InChI is InChI=1S/C11H13F2NO3S/c12-10(13)18(16,17)9-4-2-1-3-8(9)14-11(7-15)5-6-11/h1-4,10,14-15H,5-7H2. The third-order valence-corrected chi connectivity index (χ3v) is 4.42. The Hall–Kier alpha value is -1.21. The van der Waals surface area contributed by atoms with Gasteiger partial charge >= 0.3 is 5.76 Å². The van der Waals surface area contributed by atoms with Crippen molar-refractivity contribution in [3.63, 3.8) is 0 Å². The van der Waals surface area contributed by atoms with Gasteiger partial charge in [-0.3, -0.25) is 0 Å². The van der Waals surface area contributed by atoms with Crippen LogP contribution in [0.15, 0.2) is 29.2 Å². The van der Waals surface area contributed by atoms with Crippen LogP contribution in [0.4, 0.5) is 14.5 Å². The van der Waals surface area contributed by atoms with Crippen molar-refractivity contribution >= 4 is 15.5 Å². The molecule has 0 aromatic heterocycles.